The van der Waals surface area contributed by atoms with Crippen LogP contribution in [-0.4, -0.2) is 10.2 Å². The molecule has 0 aliphatic heterocycles. The molecule has 0 heterocycles. The van der Waals surface area contributed by atoms with Gasteiger partial charge in [-0.15, -0.1) is 0 Å². The minimum absolute atomic E-state index is 0.124. The maximum Gasteiger partial charge on any atom is 0.119 e. The standard InChI is InChI=1S/C28H42O2/c1-10-11-12-13-20(21-16-23(27(4,5)6)25(29)14-18(21)2)22-17-24(28(7,8)9)26(30)15-19(22)3/h14-17,20,29-30H,10-13H2,1-9H3. The summed E-state index contributed by atoms with van der Waals surface area (Å²) < 4.78 is 0. The summed E-state index contributed by atoms with van der Waals surface area (Å²) in [5, 5.41) is 21.3. The molecule has 0 atom stereocenters. The summed E-state index contributed by atoms with van der Waals surface area (Å²) in [6.45, 7) is 19.3. The summed E-state index contributed by atoms with van der Waals surface area (Å²) in [4.78, 5) is 0. The van der Waals surface area contributed by atoms with E-state index in [2.05, 4.69) is 74.4 Å². The SMILES string of the molecule is CCCCCC(c1cc(C(C)(C)C)c(O)cc1C)c1cc(C(C)(C)C)c(O)cc1C. The molecule has 30 heavy (non-hydrogen) atoms. The Bertz CT molecular complexity index is 809. The Balaban J connectivity index is 2.72. The van der Waals surface area contributed by atoms with Crippen LogP contribution in [0.2, 0.25) is 0 Å². The molecular formula is C28H42O2. The Hall–Kier alpha value is -1.96. The molecule has 2 rings (SSSR count). The van der Waals surface area contributed by atoms with E-state index in [0.29, 0.717) is 11.5 Å². The Morgan fingerprint density at radius 1 is 0.700 bits per heavy atom. The fourth-order valence-corrected chi connectivity index (χ4v) is 4.45. The fraction of sp³-hybridized carbons (Fsp3) is 0.571. The van der Waals surface area contributed by atoms with Crippen molar-refractivity contribution in [2.45, 2.75) is 105 Å². The first-order valence-corrected chi connectivity index (χ1v) is 11.4. The third kappa shape index (κ3) is 5.39. The van der Waals surface area contributed by atoms with Crippen molar-refractivity contribution in [3.8, 4) is 11.5 Å². The molecule has 166 valence electrons. The summed E-state index contributed by atoms with van der Waals surface area (Å²) in [5.41, 5.74) is 6.60. The van der Waals surface area contributed by atoms with Crippen LogP contribution in [0.5, 0.6) is 11.5 Å². The van der Waals surface area contributed by atoms with Crippen molar-refractivity contribution >= 4 is 0 Å². The fourth-order valence-electron chi connectivity index (χ4n) is 4.45. The number of aromatic hydroxyl groups is 2. The zero-order valence-electron chi connectivity index (χ0n) is 20.6. The normalized spacial score (nSPS) is 12.6. The zero-order chi connectivity index (χ0) is 22.9. The van der Waals surface area contributed by atoms with Gasteiger partial charge in [-0.25, -0.2) is 0 Å². The van der Waals surface area contributed by atoms with Crippen molar-refractivity contribution in [1.29, 1.82) is 0 Å². The number of benzene rings is 2. The van der Waals surface area contributed by atoms with E-state index in [1.54, 1.807) is 0 Å². The number of aryl methyl sites for hydroxylation is 2. The first-order valence-electron chi connectivity index (χ1n) is 11.4. The lowest BCUT2D eigenvalue weighted by molar-refractivity contribution is 0.444. The second-order valence-electron chi connectivity index (χ2n) is 11.0. The monoisotopic (exact) mass is 410 g/mol. The van der Waals surface area contributed by atoms with Crippen molar-refractivity contribution in [3.63, 3.8) is 0 Å². The summed E-state index contributed by atoms with van der Waals surface area (Å²) >= 11 is 0. The van der Waals surface area contributed by atoms with Crippen molar-refractivity contribution < 1.29 is 10.2 Å². The van der Waals surface area contributed by atoms with Gasteiger partial charge in [0.15, 0.2) is 0 Å². The molecule has 0 spiro atoms. The second-order valence-corrected chi connectivity index (χ2v) is 11.0. The van der Waals surface area contributed by atoms with Crippen LogP contribution in [0.25, 0.3) is 0 Å². The molecule has 0 saturated heterocycles. The van der Waals surface area contributed by atoms with Crippen LogP contribution in [0, 0.1) is 13.8 Å². The van der Waals surface area contributed by atoms with Crippen LogP contribution in [0.4, 0.5) is 0 Å². The molecule has 0 fully saturated rings. The van der Waals surface area contributed by atoms with Crippen LogP contribution in [0.15, 0.2) is 24.3 Å². The number of hydrogen-bond acceptors (Lipinski definition) is 2. The van der Waals surface area contributed by atoms with Crippen molar-refractivity contribution in [2.24, 2.45) is 0 Å². The van der Waals surface area contributed by atoms with Crippen LogP contribution < -0.4 is 0 Å². The molecule has 2 N–H and O–H groups in total. The molecule has 0 unspecified atom stereocenters. The maximum absolute atomic E-state index is 10.6. The largest absolute Gasteiger partial charge is 0.508 e. The Morgan fingerprint density at radius 3 is 1.43 bits per heavy atom. The van der Waals surface area contributed by atoms with E-state index in [1.807, 2.05) is 12.1 Å². The molecule has 0 aliphatic rings. The molecule has 2 aromatic rings. The summed E-state index contributed by atoms with van der Waals surface area (Å²) in [7, 11) is 0. The number of hydrogen-bond donors (Lipinski definition) is 2. The third-order valence-electron chi connectivity index (χ3n) is 6.23. The topological polar surface area (TPSA) is 40.5 Å². The Labute approximate surface area is 184 Å². The molecule has 0 amide bonds. The predicted molar refractivity (Wildman–Crippen MR) is 129 cm³/mol. The van der Waals surface area contributed by atoms with E-state index in [-0.39, 0.29) is 16.7 Å². The zero-order valence-corrected chi connectivity index (χ0v) is 20.6. The van der Waals surface area contributed by atoms with Gasteiger partial charge in [0.2, 0.25) is 0 Å². The van der Waals surface area contributed by atoms with Crippen LogP contribution >= 0.6 is 0 Å². The van der Waals surface area contributed by atoms with Gasteiger partial charge in [0, 0.05) is 5.92 Å². The number of phenolic OH excluding ortho intramolecular Hbond substituents is 2. The van der Waals surface area contributed by atoms with Gasteiger partial charge in [0.25, 0.3) is 0 Å². The van der Waals surface area contributed by atoms with Crippen LogP contribution in [-0.2, 0) is 10.8 Å². The van der Waals surface area contributed by atoms with E-state index in [4.69, 9.17) is 0 Å². The highest BCUT2D eigenvalue weighted by Crippen LogP contribution is 2.42. The number of rotatable bonds is 6. The van der Waals surface area contributed by atoms with Gasteiger partial charge in [-0.1, -0.05) is 79.9 Å². The maximum atomic E-state index is 10.6. The average molecular weight is 411 g/mol. The minimum atomic E-state index is -0.124. The van der Waals surface area contributed by atoms with Gasteiger partial charge < -0.3 is 10.2 Å². The van der Waals surface area contributed by atoms with E-state index in [1.165, 1.54) is 24.0 Å². The van der Waals surface area contributed by atoms with Gasteiger partial charge >= 0.3 is 0 Å². The minimum Gasteiger partial charge on any atom is -0.508 e. The quantitative estimate of drug-likeness (QED) is 0.473. The molecule has 2 aromatic carbocycles. The van der Waals surface area contributed by atoms with Gasteiger partial charge in [0.1, 0.15) is 11.5 Å². The summed E-state index contributed by atoms with van der Waals surface area (Å²) in [6, 6.07) is 8.32. The average Bonchev–Trinajstić information content (AvgIpc) is 2.58. The van der Waals surface area contributed by atoms with Gasteiger partial charge in [-0.2, -0.15) is 0 Å². The predicted octanol–water partition coefficient (Wildman–Crippen LogP) is 8.02. The Kier molecular flexibility index (Phi) is 7.32. The van der Waals surface area contributed by atoms with Crippen LogP contribution in [0.1, 0.15) is 113 Å². The smallest absolute Gasteiger partial charge is 0.119 e. The highest BCUT2D eigenvalue weighted by molar-refractivity contribution is 5.52. The first-order chi connectivity index (χ1) is 13.8. The summed E-state index contributed by atoms with van der Waals surface area (Å²) in [6.07, 6.45) is 4.63. The van der Waals surface area contributed by atoms with Gasteiger partial charge in [-0.3, -0.25) is 0 Å². The first kappa shape index (κ1) is 24.3. The Morgan fingerprint density at radius 2 is 1.10 bits per heavy atom. The lowest BCUT2D eigenvalue weighted by atomic mass is 9.76. The van der Waals surface area contributed by atoms with E-state index in [0.717, 1.165) is 35.1 Å². The van der Waals surface area contributed by atoms with Crippen molar-refractivity contribution in [2.75, 3.05) is 0 Å². The molecule has 0 radical (unpaired) electrons. The molecule has 2 nitrogen and oxygen atoms in total. The second kappa shape index (κ2) is 9.04. The van der Waals surface area contributed by atoms with Crippen molar-refractivity contribution in [1.82, 2.24) is 0 Å². The number of unbranched alkanes of at least 4 members (excludes halogenated alkanes) is 2. The summed E-state index contributed by atoms with van der Waals surface area (Å²) in [5.74, 6) is 1.02. The van der Waals surface area contributed by atoms with Gasteiger partial charge in [0.05, 0.1) is 0 Å². The van der Waals surface area contributed by atoms with Crippen molar-refractivity contribution in [3.05, 3.63) is 57.6 Å². The molecule has 0 aromatic heterocycles. The van der Waals surface area contributed by atoms with Crippen LogP contribution in [0.3, 0.4) is 0 Å². The number of phenols is 2. The molecule has 0 bridgehead atoms. The molecule has 2 heteroatoms. The molecule has 0 saturated carbocycles. The van der Waals surface area contributed by atoms with E-state index < -0.39 is 0 Å². The highest BCUT2D eigenvalue weighted by Gasteiger charge is 2.27. The molecule has 0 aliphatic carbocycles. The van der Waals surface area contributed by atoms with Gasteiger partial charge in [-0.05, 0) is 76.6 Å². The van der Waals surface area contributed by atoms with E-state index in [9.17, 15) is 10.2 Å². The third-order valence-corrected chi connectivity index (χ3v) is 6.23. The highest BCUT2D eigenvalue weighted by atomic mass is 16.3. The molecular weight excluding hydrogens is 368 g/mol. The lowest BCUT2D eigenvalue weighted by Gasteiger charge is -2.29. The lowest BCUT2D eigenvalue weighted by Crippen LogP contribution is -2.16. The van der Waals surface area contributed by atoms with E-state index >= 15 is 0 Å².